The molecule has 122 valence electrons. The Balaban J connectivity index is 1.66. The fraction of sp³-hybridized carbons (Fsp3) is 0.158. The fourth-order valence-corrected chi connectivity index (χ4v) is 3.09. The Morgan fingerprint density at radius 1 is 1.12 bits per heavy atom. The molecule has 0 aliphatic carbocycles. The van der Waals surface area contributed by atoms with Crippen molar-refractivity contribution >= 4 is 28.6 Å². The normalized spacial score (nSPS) is 10.4. The van der Waals surface area contributed by atoms with Gasteiger partial charge >= 0.3 is 0 Å². The second kappa shape index (κ2) is 7.75. The maximum Gasteiger partial charge on any atom is 0.209 e. The van der Waals surface area contributed by atoms with Crippen LogP contribution in [-0.4, -0.2) is 22.8 Å². The number of thiazole rings is 1. The molecule has 2 aromatic carbocycles. The van der Waals surface area contributed by atoms with Crippen LogP contribution in [0.3, 0.4) is 0 Å². The van der Waals surface area contributed by atoms with Gasteiger partial charge in [-0.25, -0.2) is 4.98 Å². The molecule has 0 atom stereocenters. The van der Waals surface area contributed by atoms with Crippen molar-refractivity contribution in [3.63, 3.8) is 0 Å². The number of rotatable bonds is 7. The Labute approximate surface area is 145 Å². The second-order valence-corrected chi connectivity index (χ2v) is 6.25. The molecule has 24 heavy (non-hydrogen) atoms. The Hall–Kier alpha value is -2.66. The number of nitrogens with zero attached hydrogens (tertiary/aromatic N) is 2. The molecule has 1 N–H and O–H groups in total. The molecule has 0 spiro atoms. The lowest BCUT2D eigenvalue weighted by molar-refractivity contribution is -0.118. The van der Waals surface area contributed by atoms with Gasteiger partial charge in [0.05, 0.1) is 5.69 Å². The molecule has 0 unspecified atom stereocenters. The van der Waals surface area contributed by atoms with Crippen LogP contribution in [0.4, 0.5) is 10.8 Å². The number of benzene rings is 2. The summed E-state index contributed by atoms with van der Waals surface area (Å²) in [6.07, 6.45) is 0.882. The van der Waals surface area contributed by atoms with Gasteiger partial charge in [-0.05, 0) is 24.6 Å². The van der Waals surface area contributed by atoms with Crippen LogP contribution in [0, 0.1) is 0 Å². The van der Waals surface area contributed by atoms with E-state index in [0.717, 1.165) is 34.0 Å². The molecule has 1 amide bonds. The van der Waals surface area contributed by atoms with Crippen LogP contribution in [-0.2, 0) is 11.3 Å². The van der Waals surface area contributed by atoms with Crippen LogP contribution in [0.25, 0.3) is 11.3 Å². The van der Waals surface area contributed by atoms with Gasteiger partial charge < -0.3 is 10.2 Å². The van der Waals surface area contributed by atoms with E-state index in [1.165, 1.54) is 0 Å². The number of carbonyl (C=O) groups is 1. The molecule has 0 bridgehead atoms. The third-order valence-corrected chi connectivity index (χ3v) is 4.48. The van der Waals surface area contributed by atoms with Crippen LogP contribution < -0.4 is 5.32 Å². The highest BCUT2D eigenvalue weighted by Gasteiger charge is 2.05. The summed E-state index contributed by atoms with van der Waals surface area (Å²) < 4.78 is 0. The van der Waals surface area contributed by atoms with E-state index in [4.69, 9.17) is 0 Å². The molecule has 0 saturated heterocycles. The van der Waals surface area contributed by atoms with Crippen molar-refractivity contribution in [1.29, 1.82) is 0 Å². The summed E-state index contributed by atoms with van der Waals surface area (Å²) in [7, 11) is 0. The van der Waals surface area contributed by atoms with E-state index >= 15 is 0 Å². The molecule has 0 aliphatic heterocycles. The molecule has 3 aromatic rings. The summed E-state index contributed by atoms with van der Waals surface area (Å²) in [6, 6.07) is 18.2. The molecule has 0 radical (unpaired) electrons. The van der Waals surface area contributed by atoms with Crippen molar-refractivity contribution in [2.24, 2.45) is 0 Å². The topological polar surface area (TPSA) is 45.2 Å². The number of hydrogen-bond acceptors (Lipinski definition) is 4. The molecular formula is C19H19N3OS. The van der Waals surface area contributed by atoms with Gasteiger partial charge in [-0.15, -0.1) is 11.3 Å². The number of anilines is 2. The highest BCUT2D eigenvalue weighted by molar-refractivity contribution is 7.14. The van der Waals surface area contributed by atoms with Crippen LogP contribution in [0.15, 0.2) is 60.0 Å². The summed E-state index contributed by atoms with van der Waals surface area (Å²) in [5.41, 5.74) is 4.19. The highest BCUT2D eigenvalue weighted by atomic mass is 32.1. The summed E-state index contributed by atoms with van der Waals surface area (Å²) in [5.74, 6) is 0. The standard InChI is InChI=1S/C19H19N3OS/c1-2-22(14-23)12-15-8-10-17(11-9-15)20-19-21-18(13-24-19)16-6-4-3-5-7-16/h3-11,13-14H,2,12H2,1H3,(H,20,21). The molecule has 4 nitrogen and oxygen atoms in total. The van der Waals surface area contributed by atoms with E-state index in [1.807, 2.05) is 49.4 Å². The van der Waals surface area contributed by atoms with E-state index in [9.17, 15) is 4.79 Å². The molecular weight excluding hydrogens is 318 g/mol. The van der Waals surface area contributed by atoms with E-state index < -0.39 is 0 Å². The van der Waals surface area contributed by atoms with Gasteiger partial charge in [0.1, 0.15) is 0 Å². The van der Waals surface area contributed by atoms with Crippen molar-refractivity contribution in [2.75, 3.05) is 11.9 Å². The van der Waals surface area contributed by atoms with E-state index in [-0.39, 0.29) is 0 Å². The summed E-state index contributed by atoms with van der Waals surface area (Å²) >= 11 is 1.58. The number of hydrogen-bond donors (Lipinski definition) is 1. The Morgan fingerprint density at radius 3 is 2.54 bits per heavy atom. The Kier molecular flexibility index (Phi) is 5.23. The Morgan fingerprint density at radius 2 is 1.88 bits per heavy atom. The molecule has 1 heterocycles. The molecule has 0 aliphatic rings. The molecule has 1 aromatic heterocycles. The molecule has 5 heteroatoms. The minimum absolute atomic E-state index is 0.635. The van der Waals surface area contributed by atoms with Gasteiger partial charge in [-0.3, -0.25) is 4.79 Å². The van der Waals surface area contributed by atoms with Crippen molar-refractivity contribution < 1.29 is 4.79 Å². The van der Waals surface area contributed by atoms with Crippen LogP contribution in [0.2, 0.25) is 0 Å². The fourth-order valence-electron chi connectivity index (χ4n) is 2.35. The van der Waals surface area contributed by atoms with Gasteiger partial charge in [0.15, 0.2) is 5.13 Å². The lowest BCUT2D eigenvalue weighted by atomic mass is 10.2. The number of carbonyl (C=O) groups excluding carboxylic acids is 1. The largest absolute Gasteiger partial charge is 0.341 e. The SMILES string of the molecule is CCN(C=O)Cc1ccc(Nc2nc(-c3ccccc3)cs2)cc1. The highest BCUT2D eigenvalue weighted by Crippen LogP contribution is 2.27. The minimum atomic E-state index is 0.635. The molecule has 0 saturated carbocycles. The first-order chi connectivity index (χ1) is 11.8. The number of amides is 1. The number of nitrogens with one attached hydrogen (secondary N) is 1. The zero-order valence-corrected chi connectivity index (χ0v) is 14.3. The third kappa shape index (κ3) is 4.00. The smallest absolute Gasteiger partial charge is 0.209 e. The third-order valence-electron chi connectivity index (χ3n) is 3.72. The zero-order valence-electron chi connectivity index (χ0n) is 13.5. The predicted molar refractivity (Wildman–Crippen MR) is 99.4 cm³/mol. The van der Waals surface area contributed by atoms with Crippen LogP contribution >= 0.6 is 11.3 Å². The predicted octanol–water partition coefficient (Wildman–Crippen LogP) is 4.53. The monoisotopic (exact) mass is 337 g/mol. The quantitative estimate of drug-likeness (QED) is 0.644. The van der Waals surface area contributed by atoms with Crippen LogP contribution in [0.5, 0.6) is 0 Å². The molecule has 0 fully saturated rings. The van der Waals surface area contributed by atoms with Gasteiger partial charge in [-0.1, -0.05) is 42.5 Å². The van der Waals surface area contributed by atoms with Crippen molar-refractivity contribution in [3.8, 4) is 11.3 Å². The van der Waals surface area contributed by atoms with Gasteiger partial charge in [0.25, 0.3) is 0 Å². The summed E-state index contributed by atoms with van der Waals surface area (Å²) in [4.78, 5) is 17.2. The second-order valence-electron chi connectivity index (χ2n) is 5.39. The maximum atomic E-state index is 10.9. The lowest BCUT2D eigenvalue weighted by Crippen LogP contribution is -2.20. The van der Waals surface area contributed by atoms with E-state index in [1.54, 1.807) is 16.2 Å². The van der Waals surface area contributed by atoms with Crippen molar-refractivity contribution in [2.45, 2.75) is 13.5 Å². The first-order valence-electron chi connectivity index (χ1n) is 7.84. The van der Waals surface area contributed by atoms with Gasteiger partial charge in [0.2, 0.25) is 6.41 Å². The van der Waals surface area contributed by atoms with Gasteiger partial charge in [-0.2, -0.15) is 0 Å². The number of aromatic nitrogens is 1. The first-order valence-corrected chi connectivity index (χ1v) is 8.72. The van der Waals surface area contributed by atoms with Crippen LogP contribution in [0.1, 0.15) is 12.5 Å². The molecule has 3 rings (SSSR count). The average Bonchev–Trinajstić information content (AvgIpc) is 3.10. The maximum absolute atomic E-state index is 10.9. The summed E-state index contributed by atoms with van der Waals surface area (Å²) in [6.45, 7) is 3.32. The van der Waals surface area contributed by atoms with Crippen molar-refractivity contribution in [3.05, 3.63) is 65.5 Å². The van der Waals surface area contributed by atoms with E-state index in [2.05, 4.69) is 27.8 Å². The van der Waals surface area contributed by atoms with Crippen molar-refractivity contribution in [1.82, 2.24) is 9.88 Å². The lowest BCUT2D eigenvalue weighted by Gasteiger charge is -2.14. The zero-order chi connectivity index (χ0) is 16.8. The van der Waals surface area contributed by atoms with Gasteiger partial charge in [0, 0.05) is 29.7 Å². The Bertz CT molecular complexity index is 784. The average molecular weight is 337 g/mol. The minimum Gasteiger partial charge on any atom is -0.341 e. The summed E-state index contributed by atoms with van der Waals surface area (Å²) in [5, 5.41) is 6.24. The first kappa shape index (κ1) is 16.2. The van der Waals surface area contributed by atoms with E-state index in [0.29, 0.717) is 13.1 Å².